The lowest BCUT2D eigenvalue weighted by molar-refractivity contribution is 0.474. The van der Waals surface area contributed by atoms with Gasteiger partial charge < -0.3 is 10.4 Å². The Morgan fingerprint density at radius 1 is 1.11 bits per heavy atom. The van der Waals surface area contributed by atoms with Gasteiger partial charge in [0.15, 0.2) is 0 Å². The Hall–Kier alpha value is -1.38. The van der Waals surface area contributed by atoms with E-state index in [0.29, 0.717) is 15.8 Å². The molecule has 0 amide bonds. The number of aryl methyl sites for hydroxylation is 1. The second-order valence-corrected chi connectivity index (χ2v) is 5.59. The van der Waals surface area contributed by atoms with Gasteiger partial charge in [-0.1, -0.05) is 29.3 Å². The first-order valence-corrected chi connectivity index (χ1v) is 6.92. The molecule has 1 aliphatic carbocycles. The fourth-order valence-corrected chi connectivity index (χ4v) is 3.01. The molecule has 0 aromatic heterocycles. The third-order valence-electron chi connectivity index (χ3n) is 3.47. The van der Waals surface area contributed by atoms with E-state index in [2.05, 4.69) is 5.32 Å². The minimum atomic E-state index is 0.231. The highest BCUT2D eigenvalue weighted by Gasteiger charge is 2.23. The van der Waals surface area contributed by atoms with Crippen LogP contribution in [0, 0.1) is 0 Å². The van der Waals surface area contributed by atoms with Crippen molar-refractivity contribution in [3.63, 3.8) is 0 Å². The van der Waals surface area contributed by atoms with Gasteiger partial charge in [0.1, 0.15) is 5.75 Å². The van der Waals surface area contributed by atoms with Crippen LogP contribution in [0.15, 0.2) is 36.4 Å². The summed E-state index contributed by atoms with van der Waals surface area (Å²) in [5.41, 5.74) is 3.31. The van der Waals surface area contributed by atoms with Crippen molar-refractivity contribution in [3.05, 3.63) is 57.6 Å². The van der Waals surface area contributed by atoms with Crippen molar-refractivity contribution in [2.75, 3.05) is 5.32 Å². The molecule has 3 rings (SSSR count). The number of benzene rings is 2. The lowest BCUT2D eigenvalue weighted by atomic mass is 10.1. The fourth-order valence-electron chi connectivity index (χ4n) is 2.55. The Bertz CT molecular complexity index is 628. The number of hydrogen-bond donors (Lipinski definition) is 2. The van der Waals surface area contributed by atoms with Crippen molar-refractivity contribution in [1.82, 2.24) is 0 Å². The van der Waals surface area contributed by atoms with Crippen LogP contribution in [0.25, 0.3) is 0 Å². The van der Waals surface area contributed by atoms with Crippen LogP contribution in [0.1, 0.15) is 23.6 Å². The van der Waals surface area contributed by atoms with Crippen LogP contribution in [0.4, 0.5) is 5.69 Å². The van der Waals surface area contributed by atoms with Crippen molar-refractivity contribution in [2.24, 2.45) is 0 Å². The number of hydrogen-bond acceptors (Lipinski definition) is 2. The number of rotatable bonds is 2. The van der Waals surface area contributed by atoms with Crippen LogP contribution in [0.5, 0.6) is 5.75 Å². The van der Waals surface area contributed by atoms with Gasteiger partial charge in [-0.25, -0.2) is 0 Å². The van der Waals surface area contributed by atoms with E-state index in [1.54, 1.807) is 12.1 Å². The summed E-state index contributed by atoms with van der Waals surface area (Å²) in [6.45, 7) is 0. The smallest absolute Gasteiger partial charge is 0.115 e. The van der Waals surface area contributed by atoms with Crippen LogP contribution < -0.4 is 5.32 Å². The summed E-state index contributed by atoms with van der Waals surface area (Å²) < 4.78 is 0. The molecule has 2 aromatic rings. The monoisotopic (exact) mass is 293 g/mol. The summed E-state index contributed by atoms with van der Waals surface area (Å²) in [6.07, 6.45) is 1.96. The van der Waals surface area contributed by atoms with E-state index >= 15 is 0 Å². The highest BCUT2D eigenvalue weighted by atomic mass is 35.5. The van der Waals surface area contributed by atoms with Gasteiger partial charge in [-0.3, -0.25) is 0 Å². The third-order valence-corrected chi connectivity index (χ3v) is 4.01. The average molecular weight is 294 g/mol. The van der Waals surface area contributed by atoms with Crippen LogP contribution in [0.3, 0.4) is 0 Å². The minimum absolute atomic E-state index is 0.231. The lowest BCUT2D eigenvalue weighted by Gasteiger charge is -2.17. The number of phenolic OH excluding ortho intramolecular Hbond substituents is 1. The van der Waals surface area contributed by atoms with E-state index in [4.69, 9.17) is 23.2 Å². The molecule has 0 fully saturated rings. The van der Waals surface area contributed by atoms with Crippen LogP contribution in [-0.4, -0.2) is 5.11 Å². The predicted octanol–water partition coefficient (Wildman–Crippen LogP) is 4.80. The van der Waals surface area contributed by atoms with Gasteiger partial charge in [0.05, 0.1) is 16.8 Å². The standard InChI is InChI=1S/C15H13Cl2NO/c16-10-2-6-15(13(17)8-10)18-14-5-1-9-7-11(19)3-4-12(9)14/h2-4,6-8,14,18-19H,1,5H2. The van der Waals surface area contributed by atoms with Gasteiger partial charge in [-0.15, -0.1) is 0 Å². The molecule has 0 spiro atoms. The second-order valence-electron chi connectivity index (χ2n) is 4.74. The summed E-state index contributed by atoms with van der Waals surface area (Å²) in [7, 11) is 0. The molecule has 0 bridgehead atoms. The average Bonchev–Trinajstić information content (AvgIpc) is 2.75. The number of aromatic hydroxyl groups is 1. The highest BCUT2D eigenvalue weighted by molar-refractivity contribution is 6.36. The van der Waals surface area contributed by atoms with Crippen LogP contribution >= 0.6 is 23.2 Å². The summed E-state index contributed by atoms with van der Waals surface area (Å²) in [6, 6.07) is 11.2. The molecule has 0 saturated carbocycles. The van der Waals surface area contributed by atoms with Crippen molar-refractivity contribution < 1.29 is 5.11 Å². The minimum Gasteiger partial charge on any atom is -0.508 e. The number of phenols is 1. The molecule has 0 saturated heterocycles. The quantitative estimate of drug-likeness (QED) is 0.834. The van der Waals surface area contributed by atoms with E-state index in [9.17, 15) is 5.11 Å². The Kier molecular flexibility index (Phi) is 3.29. The van der Waals surface area contributed by atoms with Gasteiger partial charge in [-0.2, -0.15) is 0 Å². The molecule has 2 nitrogen and oxygen atoms in total. The maximum Gasteiger partial charge on any atom is 0.115 e. The van der Waals surface area contributed by atoms with E-state index in [1.165, 1.54) is 11.1 Å². The molecule has 19 heavy (non-hydrogen) atoms. The van der Waals surface area contributed by atoms with E-state index < -0.39 is 0 Å². The first kappa shape index (κ1) is 12.6. The van der Waals surface area contributed by atoms with Crippen LogP contribution in [-0.2, 0) is 6.42 Å². The highest BCUT2D eigenvalue weighted by Crippen LogP contribution is 2.37. The van der Waals surface area contributed by atoms with Gasteiger partial charge in [0, 0.05) is 5.02 Å². The molecular weight excluding hydrogens is 281 g/mol. The first-order valence-electron chi connectivity index (χ1n) is 6.17. The van der Waals surface area contributed by atoms with Gasteiger partial charge in [0.2, 0.25) is 0 Å². The number of fused-ring (bicyclic) bond motifs is 1. The lowest BCUT2D eigenvalue weighted by Crippen LogP contribution is -2.07. The molecule has 0 aliphatic heterocycles. The van der Waals surface area contributed by atoms with Crippen molar-refractivity contribution in [2.45, 2.75) is 18.9 Å². The van der Waals surface area contributed by atoms with Gasteiger partial charge >= 0.3 is 0 Å². The molecule has 0 heterocycles. The van der Waals surface area contributed by atoms with E-state index in [1.807, 2.05) is 24.3 Å². The molecule has 1 atom stereocenters. The molecule has 1 unspecified atom stereocenters. The van der Waals surface area contributed by atoms with Crippen LogP contribution in [0.2, 0.25) is 10.0 Å². The summed E-state index contributed by atoms with van der Waals surface area (Å²) in [5.74, 6) is 0.323. The molecule has 2 aromatic carbocycles. The summed E-state index contributed by atoms with van der Waals surface area (Å²) in [5, 5.41) is 14.2. The normalized spacial score (nSPS) is 17.3. The summed E-state index contributed by atoms with van der Waals surface area (Å²) >= 11 is 12.1. The van der Waals surface area contributed by atoms with Gasteiger partial charge in [-0.05, 0) is 54.3 Å². The van der Waals surface area contributed by atoms with Crippen molar-refractivity contribution in [1.29, 1.82) is 0 Å². The molecule has 1 aliphatic rings. The Morgan fingerprint density at radius 2 is 1.95 bits per heavy atom. The maximum atomic E-state index is 9.49. The third kappa shape index (κ3) is 2.51. The molecular formula is C15H13Cl2NO. The Labute approximate surface area is 122 Å². The van der Waals surface area contributed by atoms with Gasteiger partial charge in [0.25, 0.3) is 0 Å². The second kappa shape index (κ2) is 4.95. The number of halogens is 2. The van der Waals surface area contributed by atoms with E-state index in [0.717, 1.165) is 18.5 Å². The first-order chi connectivity index (χ1) is 9.13. The van der Waals surface area contributed by atoms with Crippen molar-refractivity contribution >= 4 is 28.9 Å². The zero-order valence-corrected chi connectivity index (χ0v) is 11.7. The van der Waals surface area contributed by atoms with Crippen molar-refractivity contribution in [3.8, 4) is 5.75 Å². The Morgan fingerprint density at radius 3 is 2.74 bits per heavy atom. The number of nitrogens with one attached hydrogen (secondary N) is 1. The maximum absolute atomic E-state index is 9.49. The largest absolute Gasteiger partial charge is 0.508 e. The number of anilines is 1. The predicted molar refractivity (Wildman–Crippen MR) is 79.3 cm³/mol. The SMILES string of the molecule is Oc1ccc2c(c1)CCC2Nc1ccc(Cl)cc1Cl. The Balaban J connectivity index is 1.86. The molecule has 0 radical (unpaired) electrons. The fraction of sp³-hybridized carbons (Fsp3) is 0.200. The summed E-state index contributed by atoms with van der Waals surface area (Å²) in [4.78, 5) is 0. The molecule has 4 heteroatoms. The van der Waals surface area contributed by atoms with E-state index in [-0.39, 0.29) is 6.04 Å². The zero-order chi connectivity index (χ0) is 13.4. The molecule has 2 N–H and O–H groups in total. The molecule has 98 valence electrons. The zero-order valence-electron chi connectivity index (χ0n) is 10.2. The topological polar surface area (TPSA) is 32.3 Å².